The Morgan fingerprint density at radius 3 is 2.67 bits per heavy atom. The molecule has 0 saturated carbocycles. The predicted octanol–water partition coefficient (Wildman–Crippen LogP) is 3.79. The highest BCUT2D eigenvalue weighted by molar-refractivity contribution is 8.01. The minimum Gasteiger partial charge on any atom is -0.356 e. The summed E-state index contributed by atoms with van der Waals surface area (Å²) in [6, 6.07) is 10.6. The second kappa shape index (κ2) is 10.3. The van der Waals surface area contributed by atoms with E-state index in [0.29, 0.717) is 17.4 Å². The van der Waals surface area contributed by atoms with Gasteiger partial charge in [-0.05, 0) is 29.1 Å². The Hall–Kier alpha value is -2.01. The molecular formula is C20H22FN5OS3. The standard InChI is InChI=1S/C20H22FN5OS3/c21-16-5-3-15(4-6-16)12-22-19-23-24-20(30-19)29-14-18(27)26-9-7-25(8-10-26)13-17-2-1-11-28-17/h1-6,11H,7-10,12-14H2,(H,22,23). The fourth-order valence-electron chi connectivity index (χ4n) is 3.11. The first-order valence-electron chi connectivity index (χ1n) is 9.63. The predicted molar refractivity (Wildman–Crippen MR) is 121 cm³/mol. The maximum atomic E-state index is 13.0. The lowest BCUT2D eigenvalue weighted by molar-refractivity contribution is -0.130. The van der Waals surface area contributed by atoms with Gasteiger partial charge in [0.1, 0.15) is 5.82 Å². The maximum Gasteiger partial charge on any atom is 0.233 e. The van der Waals surface area contributed by atoms with Crippen LogP contribution in [0.4, 0.5) is 9.52 Å². The molecule has 30 heavy (non-hydrogen) atoms. The van der Waals surface area contributed by atoms with E-state index in [1.54, 1.807) is 23.5 Å². The van der Waals surface area contributed by atoms with Crippen molar-refractivity contribution in [1.82, 2.24) is 20.0 Å². The first kappa shape index (κ1) is 21.2. The van der Waals surface area contributed by atoms with Crippen LogP contribution in [0.25, 0.3) is 0 Å². The van der Waals surface area contributed by atoms with Gasteiger partial charge in [-0.1, -0.05) is 41.3 Å². The number of carbonyl (C=O) groups is 1. The zero-order chi connectivity index (χ0) is 20.8. The van der Waals surface area contributed by atoms with Gasteiger partial charge in [-0.2, -0.15) is 0 Å². The van der Waals surface area contributed by atoms with E-state index in [1.807, 2.05) is 4.90 Å². The zero-order valence-corrected chi connectivity index (χ0v) is 18.7. The number of hydrogen-bond donors (Lipinski definition) is 1. The number of thiophene rings is 1. The number of piperazine rings is 1. The smallest absolute Gasteiger partial charge is 0.233 e. The van der Waals surface area contributed by atoms with Crippen molar-refractivity contribution < 1.29 is 9.18 Å². The topological polar surface area (TPSA) is 61.4 Å². The van der Waals surface area contributed by atoms with Gasteiger partial charge >= 0.3 is 0 Å². The normalized spacial score (nSPS) is 14.8. The van der Waals surface area contributed by atoms with Crippen molar-refractivity contribution in [3.8, 4) is 0 Å². The highest BCUT2D eigenvalue weighted by Gasteiger charge is 2.21. The Balaban J connectivity index is 1.18. The number of rotatable bonds is 8. The number of nitrogens with one attached hydrogen (secondary N) is 1. The molecule has 1 amide bonds. The summed E-state index contributed by atoms with van der Waals surface area (Å²) in [7, 11) is 0. The van der Waals surface area contributed by atoms with Gasteiger partial charge in [0.15, 0.2) is 4.34 Å². The molecule has 1 N–H and O–H groups in total. The van der Waals surface area contributed by atoms with E-state index < -0.39 is 0 Å². The molecule has 10 heteroatoms. The molecule has 1 aliphatic heterocycles. The van der Waals surface area contributed by atoms with Crippen molar-refractivity contribution >= 4 is 45.5 Å². The zero-order valence-electron chi connectivity index (χ0n) is 16.3. The molecule has 4 rings (SSSR count). The SMILES string of the molecule is O=C(CSc1nnc(NCc2ccc(F)cc2)s1)N1CCN(Cc2cccs2)CC1. The van der Waals surface area contributed by atoms with E-state index in [1.165, 1.54) is 40.1 Å². The number of hydrogen-bond acceptors (Lipinski definition) is 8. The number of amides is 1. The van der Waals surface area contributed by atoms with Crippen LogP contribution in [0.1, 0.15) is 10.4 Å². The minimum absolute atomic E-state index is 0.145. The molecule has 0 atom stereocenters. The summed E-state index contributed by atoms with van der Waals surface area (Å²) in [4.78, 5) is 18.2. The fraction of sp³-hybridized carbons (Fsp3) is 0.350. The Morgan fingerprint density at radius 2 is 1.93 bits per heavy atom. The van der Waals surface area contributed by atoms with Crippen LogP contribution in [-0.4, -0.2) is 57.8 Å². The van der Waals surface area contributed by atoms with Gasteiger partial charge in [0, 0.05) is 44.1 Å². The monoisotopic (exact) mass is 463 g/mol. The van der Waals surface area contributed by atoms with Crippen LogP contribution in [0.3, 0.4) is 0 Å². The lowest BCUT2D eigenvalue weighted by Gasteiger charge is -2.34. The third-order valence-corrected chi connectivity index (χ3v) is 7.63. The molecule has 3 aromatic rings. The molecule has 0 unspecified atom stereocenters. The summed E-state index contributed by atoms with van der Waals surface area (Å²) in [6.45, 7) is 4.87. The largest absolute Gasteiger partial charge is 0.356 e. The maximum absolute atomic E-state index is 13.0. The van der Waals surface area contributed by atoms with Crippen LogP contribution in [0.2, 0.25) is 0 Å². The van der Waals surface area contributed by atoms with Gasteiger partial charge in [0.05, 0.1) is 5.75 Å². The molecule has 1 saturated heterocycles. The van der Waals surface area contributed by atoms with Crippen molar-refractivity contribution in [1.29, 1.82) is 0 Å². The number of anilines is 1. The molecule has 0 radical (unpaired) electrons. The van der Waals surface area contributed by atoms with E-state index in [9.17, 15) is 9.18 Å². The summed E-state index contributed by atoms with van der Waals surface area (Å²) in [5.41, 5.74) is 0.967. The fourth-order valence-corrected chi connectivity index (χ4v) is 5.51. The molecule has 3 heterocycles. The summed E-state index contributed by atoms with van der Waals surface area (Å²) >= 11 is 4.62. The molecule has 0 spiro atoms. The van der Waals surface area contributed by atoms with Gasteiger partial charge in [-0.3, -0.25) is 9.69 Å². The van der Waals surface area contributed by atoms with Crippen LogP contribution in [-0.2, 0) is 17.9 Å². The van der Waals surface area contributed by atoms with Crippen LogP contribution < -0.4 is 5.32 Å². The third kappa shape index (κ3) is 6.00. The second-order valence-electron chi connectivity index (χ2n) is 6.88. The molecule has 1 aromatic carbocycles. The van der Waals surface area contributed by atoms with E-state index in [4.69, 9.17) is 0 Å². The van der Waals surface area contributed by atoms with Gasteiger partial charge in [-0.15, -0.1) is 21.5 Å². The number of carbonyl (C=O) groups excluding carboxylic acids is 1. The Bertz CT molecular complexity index is 940. The van der Waals surface area contributed by atoms with Crippen molar-refractivity contribution in [2.24, 2.45) is 0 Å². The number of benzene rings is 1. The molecule has 6 nitrogen and oxygen atoms in total. The Morgan fingerprint density at radius 1 is 1.13 bits per heavy atom. The summed E-state index contributed by atoms with van der Waals surface area (Å²) in [5.74, 6) is 0.270. The lowest BCUT2D eigenvalue weighted by Crippen LogP contribution is -2.48. The van der Waals surface area contributed by atoms with Crippen molar-refractivity contribution in [2.45, 2.75) is 17.4 Å². The highest BCUT2D eigenvalue weighted by Crippen LogP contribution is 2.26. The quantitative estimate of drug-likeness (QED) is 0.513. The van der Waals surface area contributed by atoms with Gasteiger partial charge in [-0.25, -0.2) is 4.39 Å². The average molecular weight is 464 g/mol. The molecule has 1 fully saturated rings. The average Bonchev–Trinajstić information content (AvgIpc) is 3.44. The summed E-state index contributed by atoms with van der Waals surface area (Å²) in [6.07, 6.45) is 0. The molecular weight excluding hydrogens is 441 g/mol. The minimum atomic E-state index is -0.248. The number of thioether (sulfide) groups is 1. The second-order valence-corrected chi connectivity index (χ2v) is 10.1. The van der Waals surface area contributed by atoms with Crippen LogP contribution in [0.15, 0.2) is 46.1 Å². The van der Waals surface area contributed by atoms with Crippen molar-refractivity contribution in [3.63, 3.8) is 0 Å². The molecule has 158 valence electrons. The first-order chi connectivity index (χ1) is 14.7. The van der Waals surface area contributed by atoms with Crippen LogP contribution in [0.5, 0.6) is 0 Å². The highest BCUT2D eigenvalue weighted by atomic mass is 32.2. The van der Waals surface area contributed by atoms with E-state index in [2.05, 4.69) is 37.9 Å². The van der Waals surface area contributed by atoms with Crippen LogP contribution in [0, 0.1) is 5.82 Å². The molecule has 0 bridgehead atoms. The molecule has 2 aromatic heterocycles. The van der Waals surface area contributed by atoms with Crippen molar-refractivity contribution in [3.05, 3.63) is 58.0 Å². The van der Waals surface area contributed by atoms with E-state index in [-0.39, 0.29) is 11.7 Å². The lowest BCUT2D eigenvalue weighted by atomic mass is 10.2. The third-order valence-electron chi connectivity index (χ3n) is 4.77. The summed E-state index contributed by atoms with van der Waals surface area (Å²) < 4.78 is 13.7. The first-order valence-corrected chi connectivity index (χ1v) is 12.3. The number of halogens is 1. The van der Waals surface area contributed by atoms with E-state index in [0.717, 1.165) is 42.6 Å². The van der Waals surface area contributed by atoms with Gasteiger partial charge < -0.3 is 10.2 Å². The number of nitrogens with zero attached hydrogens (tertiary/aromatic N) is 4. The van der Waals surface area contributed by atoms with Gasteiger partial charge in [0.25, 0.3) is 0 Å². The van der Waals surface area contributed by atoms with Gasteiger partial charge in [0.2, 0.25) is 11.0 Å². The Kier molecular flexibility index (Phi) is 7.32. The Labute approximate surface area is 187 Å². The van der Waals surface area contributed by atoms with Crippen molar-refractivity contribution in [2.75, 3.05) is 37.2 Å². The van der Waals surface area contributed by atoms with E-state index >= 15 is 0 Å². The van der Waals surface area contributed by atoms with Crippen LogP contribution >= 0.6 is 34.4 Å². The summed E-state index contributed by atoms with van der Waals surface area (Å²) in [5, 5.41) is 14.2. The molecule has 0 aliphatic carbocycles. The molecule has 1 aliphatic rings. The number of aromatic nitrogens is 2.